The van der Waals surface area contributed by atoms with Crippen LogP contribution in [0.15, 0.2) is 0 Å². The first-order valence-corrected chi connectivity index (χ1v) is 5.51. The van der Waals surface area contributed by atoms with Crippen molar-refractivity contribution in [3.05, 3.63) is 11.6 Å². The Hall–Kier alpha value is -0.940. The number of nitrogens with zero attached hydrogens (tertiary/aromatic N) is 2. The first kappa shape index (κ1) is 10.6. The number of nitrogens with one attached hydrogen (secondary N) is 2. The number of aromatic nitrogens is 3. The van der Waals surface area contributed by atoms with Gasteiger partial charge in [0.25, 0.3) is 0 Å². The van der Waals surface area contributed by atoms with E-state index >= 15 is 0 Å². The summed E-state index contributed by atoms with van der Waals surface area (Å²) >= 11 is 0. The van der Waals surface area contributed by atoms with Crippen LogP contribution < -0.4 is 5.32 Å². The third-order valence-corrected chi connectivity index (χ3v) is 2.70. The predicted octanol–water partition coefficient (Wildman–Crippen LogP) is 0.629. The topological polar surface area (TPSA) is 62.8 Å². The highest BCUT2D eigenvalue weighted by atomic mass is 16.5. The summed E-state index contributed by atoms with van der Waals surface area (Å²) < 4.78 is 5.31. The van der Waals surface area contributed by atoms with E-state index in [1.165, 1.54) is 12.8 Å². The zero-order chi connectivity index (χ0) is 10.5. The molecule has 0 unspecified atom stereocenters. The maximum Gasteiger partial charge on any atom is 0.164 e. The quantitative estimate of drug-likeness (QED) is 0.765. The van der Waals surface area contributed by atoms with Crippen molar-refractivity contribution in [1.82, 2.24) is 20.5 Å². The van der Waals surface area contributed by atoms with Gasteiger partial charge in [0.05, 0.1) is 6.54 Å². The lowest BCUT2D eigenvalue weighted by molar-refractivity contribution is 0.0662. The Morgan fingerprint density at radius 3 is 2.93 bits per heavy atom. The Labute approximate surface area is 89.6 Å². The van der Waals surface area contributed by atoms with E-state index in [1.54, 1.807) is 0 Å². The molecule has 0 spiro atoms. The van der Waals surface area contributed by atoms with Crippen LogP contribution in [0.3, 0.4) is 0 Å². The number of hydrogen-bond donors (Lipinski definition) is 2. The van der Waals surface area contributed by atoms with Crippen molar-refractivity contribution in [2.75, 3.05) is 19.8 Å². The van der Waals surface area contributed by atoms with Crippen molar-refractivity contribution in [2.24, 2.45) is 5.92 Å². The Balaban J connectivity index is 1.65. The predicted molar refractivity (Wildman–Crippen MR) is 56.4 cm³/mol. The van der Waals surface area contributed by atoms with E-state index in [9.17, 15) is 0 Å². The molecule has 2 N–H and O–H groups in total. The molecule has 5 nitrogen and oxygen atoms in total. The zero-order valence-corrected chi connectivity index (χ0v) is 9.12. The summed E-state index contributed by atoms with van der Waals surface area (Å²) in [6.07, 6.45) is 2.33. The summed E-state index contributed by atoms with van der Waals surface area (Å²) in [4.78, 5) is 4.24. The third-order valence-electron chi connectivity index (χ3n) is 2.70. The average molecular weight is 210 g/mol. The van der Waals surface area contributed by atoms with Gasteiger partial charge in [-0.15, -0.1) is 0 Å². The highest BCUT2D eigenvalue weighted by Crippen LogP contribution is 2.13. The number of rotatable bonds is 4. The van der Waals surface area contributed by atoms with E-state index in [4.69, 9.17) is 4.74 Å². The third kappa shape index (κ3) is 3.28. The number of ether oxygens (including phenoxy) is 1. The standard InChI is InChI=1S/C10H18N4O/c1-8-12-10(14-13-8)7-11-6-9-2-4-15-5-3-9/h9,11H,2-7H2,1H3,(H,12,13,14). The van der Waals surface area contributed by atoms with Gasteiger partial charge in [-0.05, 0) is 32.2 Å². The molecule has 0 aliphatic carbocycles. The molecule has 0 radical (unpaired) electrons. The van der Waals surface area contributed by atoms with Gasteiger partial charge in [0, 0.05) is 13.2 Å². The van der Waals surface area contributed by atoms with Crippen molar-refractivity contribution in [2.45, 2.75) is 26.3 Å². The fourth-order valence-corrected chi connectivity index (χ4v) is 1.81. The van der Waals surface area contributed by atoms with Crippen LogP contribution in [0.25, 0.3) is 0 Å². The molecule has 1 aromatic heterocycles. The molecule has 0 aromatic carbocycles. The van der Waals surface area contributed by atoms with Crippen molar-refractivity contribution < 1.29 is 4.74 Å². The van der Waals surface area contributed by atoms with Gasteiger partial charge in [-0.3, -0.25) is 5.10 Å². The smallest absolute Gasteiger partial charge is 0.164 e. The van der Waals surface area contributed by atoms with Gasteiger partial charge in [0.15, 0.2) is 5.82 Å². The molecule has 0 atom stereocenters. The molecule has 1 aliphatic rings. The second kappa shape index (κ2) is 5.23. The lowest BCUT2D eigenvalue weighted by atomic mass is 10.0. The molecule has 1 aliphatic heterocycles. The van der Waals surface area contributed by atoms with Gasteiger partial charge in [0.1, 0.15) is 5.82 Å². The van der Waals surface area contributed by atoms with E-state index in [2.05, 4.69) is 20.5 Å². The van der Waals surface area contributed by atoms with Crippen molar-refractivity contribution in [3.63, 3.8) is 0 Å². The van der Waals surface area contributed by atoms with Gasteiger partial charge in [-0.1, -0.05) is 0 Å². The zero-order valence-electron chi connectivity index (χ0n) is 9.12. The summed E-state index contributed by atoms with van der Waals surface area (Å²) in [6.45, 7) is 5.52. The molecule has 5 heteroatoms. The minimum absolute atomic E-state index is 0.749. The summed E-state index contributed by atoms with van der Waals surface area (Å²) in [5.74, 6) is 2.47. The summed E-state index contributed by atoms with van der Waals surface area (Å²) in [5, 5.41) is 10.3. The maximum atomic E-state index is 5.31. The van der Waals surface area contributed by atoms with Crippen LogP contribution in [0, 0.1) is 12.8 Å². The lowest BCUT2D eigenvalue weighted by Gasteiger charge is -2.21. The van der Waals surface area contributed by atoms with Crippen molar-refractivity contribution in [1.29, 1.82) is 0 Å². The summed E-state index contributed by atoms with van der Waals surface area (Å²) in [7, 11) is 0. The van der Waals surface area contributed by atoms with Gasteiger partial charge in [0.2, 0.25) is 0 Å². The molecular weight excluding hydrogens is 192 g/mol. The highest BCUT2D eigenvalue weighted by Gasteiger charge is 2.13. The summed E-state index contributed by atoms with van der Waals surface area (Å²) in [6, 6.07) is 0. The molecule has 15 heavy (non-hydrogen) atoms. The monoisotopic (exact) mass is 210 g/mol. The first-order chi connectivity index (χ1) is 7.34. The molecule has 84 valence electrons. The molecule has 2 rings (SSSR count). The van der Waals surface area contributed by atoms with E-state index < -0.39 is 0 Å². The normalized spacial score (nSPS) is 18.2. The van der Waals surface area contributed by atoms with E-state index in [-0.39, 0.29) is 0 Å². The van der Waals surface area contributed by atoms with Crippen molar-refractivity contribution in [3.8, 4) is 0 Å². The number of aromatic amines is 1. The number of aryl methyl sites for hydroxylation is 1. The second-order valence-corrected chi connectivity index (χ2v) is 4.02. The lowest BCUT2D eigenvalue weighted by Crippen LogP contribution is -2.27. The molecular formula is C10H18N4O. The Morgan fingerprint density at radius 1 is 1.47 bits per heavy atom. The minimum Gasteiger partial charge on any atom is -0.381 e. The van der Waals surface area contributed by atoms with Crippen LogP contribution in [-0.4, -0.2) is 34.9 Å². The average Bonchev–Trinajstić information content (AvgIpc) is 2.66. The number of hydrogen-bond acceptors (Lipinski definition) is 4. The molecule has 0 bridgehead atoms. The number of H-pyrrole nitrogens is 1. The van der Waals surface area contributed by atoms with Gasteiger partial charge in [-0.25, -0.2) is 4.98 Å². The molecule has 2 heterocycles. The Kier molecular flexibility index (Phi) is 3.69. The highest BCUT2D eigenvalue weighted by molar-refractivity contribution is 4.86. The van der Waals surface area contributed by atoms with Gasteiger partial charge in [-0.2, -0.15) is 5.10 Å². The van der Waals surface area contributed by atoms with Gasteiger partial charge < -0.3 is 10.1 Å². The first-order valence-electron chi connectivity index (χ1n) is 5.51. The molecule has 1 fully saturated rings. The molecule has 1 saturated heterocycles. The minimum atomic E-state index is 0.749. The van der Waals surface area contributed by atoms with E-state index in [0.29, 0.717) is 0 Å². The van der Waals surface area contributed by atoms with Crippen LogP contribution in [0.5, 0.6) is 0 Å². The van der Waals surface area contributed by atoms with E-state index in [0.717, 1.165) is 43.9 Å². The fourth-order valence-electron chi connectivity index (χ4n) is 1.81. The van der Waals surface area contributed by atoms with Crippen LogP contribution in [0.1, 0.15) is 24.5 Å². The van der Waals surface area contributed by atoms with Crippen LogP contribution in [0.4, 0.5) is 0 Å². The second-order valence-electron chi connectivity index (χ2n) is 4.02. The van der Waals surface area contributed by atoms with E-state index in [1.807, 2.05) is 6.92 Å². The summed E-state index contributed by atoms with van der Waals surface area (Å²) in [5.41, 5.74) is 0. The molecule has 0 amide bonds. The van der Waals surface area contributed by atoms with Crippen LogP contribution >= 0.6 is 0 Å². The maximum absolute atomic E-state index is 5.31. The van der Waals surface area contributed by atoms with Crippen LogP contribution in [0.2, 0.25) is 0 Å². The largest absolute Gasteiger partial charge is 0.381 e. The van der Waals surface area contributed by atoms with Gasteiger partial charge >= 0.3 is 0 Å². The van der Waals surface area contributed by atoms with Crippen molar-refractivity contribution >= 4 is 0 Å². The van der Waals surface area contributed by atoms with Crippen LogP contribution in [-0.2, 0) is 11.3 Å². The fraction of sp³-hybridized carbons (Fsp3) is 0.800. The Bertz CT molecular complexity index is 293. The molecule has 1 aromatic rings. The Morgan fingerprint density at radius 2 is 2.27 bits per heavy atom. The molecule has 0 saturated carbocycles. The SMILES string of the molecule is Cc1nc(CNCC2CCOCC2)n[nH]1.